The van der Waals surface area contributed by atoms with Crippen molar-refractivity contribution in [1.82, 2.24) is 0 Å². The standard InChI is InChI=1S/C16H22O3/c1-10(2)14-8-7-13(9-11(14)3)19-15(12-5-6-12)16(17)18-4/h7-10,12,15H,5-6H2,1-4H3. The van der Waals surface area contributed by atoms with Gasteiger partial charge >= 0.3 is 5.97 Å². The topological polar surface area (TPSA) is 35.5 Å². The van der Waals surface area contributed by atoms with Crippen molar-refractivity contribution in [2.24, 2.45) is 5.92 Å². The highest BCUT2D eigenvalue weighted by molar-refractivity contribution is 5.75. The van der Waals surface area contributed by atoms with E-state index in [2.05, 4.69) is 26.8 Å². The van der Waals surface area contributed by atoms with Crippen molar-refractivity contribution >= 4 is 5.97 Å². The van der Waals surface area contributed by atoms with Gasteiger partial charge in [0.15, 0.2) is 6.10 Å². The van der Waals surface area contributed by atoms with E-state index in [1.165, 1.54) is 18.2 Å². The summed E-state index contributed by atoms with van der Waals surface area (Å²) in [6, 6.07) is 6.03. The molecule has 0 bridgehead atoms. The summed E-state index contributed by atoms with van der Waals surface area (Å²) in [4.78, 5) is 11.7. The molecule has 0 spiro atoms. The summed E-state index contributed by atoms with van der Waals surface area (Å²) < 4.78 is 10.6. The van der Waals surface area contributed by atoms with E-state index < -0.39 is 6.10 Å². The molecule has 1 unspecified atom stereocenters. The average molecular weight is 262 g/mol. The number of hydrogen-bond donors (Lipinski definition) is 0. The van der Waals surface area contributed by atoms with E-state index in [4.69, 9.17) is 9.47 Å². The molecular formula is C16H22O3. The molecule has 0 aliphatic heterocycles. The summed E-state index contributed by atoms with van der Waals surface area (Å²) in [7, 11) is 1.41. The van der Waals surface area contributed by atoms with Crippen LogP contribution in [-0.2, 0) is 9.53 Å². The molecule has 1 aliphatic carbocycles. The Morgan fingerprint density at radius 1 is 1.32 bits per heavy atom. The number of rotatable bonds is 5. The van der Waals surface area contributed by atoms with E-state index in [-0.39, 0.29) is 5.97 Å². The molecule has 0 heterocycles. The van der Waals surface area contributed by atoms with Gasteiger partial charge in [0.1, 0.15) is 5.75 Å². The molecule has 1 atom stereocenters. The van der Waals surface area contributed by atoms with Crippen LogP contribution in [0.25, 0.3) is 0 Å². The second kappa shape index (κ2) is 5.64. The third-order valence-corrected chi connectivity index (χ3v) is 3.61. The molecule has 2 rings (SSSR count). The molecule has 3 nitrogen and oxygen atoms in total. The second-order valence-corrected chi connectivity index (χ2v) is 5.57. The molecule has 3 heteroatoms. The van der Waals surface area contributed by atoms with Crippen LogP contribution in [0.1, 0.15) is 43.7 Å². The van der Waals surface area contributed by atoms with E-state index in [1.807, 2.05) is 12.1 Å². The third-order valence-electron chi connectivity index (χ3n) is 3.61. The van der Waals surface area contributed by atoms with Crippen LogP contribution in [0.15, 0.2) is 18.2 Å². The Morgan fingerprint density at radius 3 is 2.47 bits per heavy atom. The predicted octanol–water partition coefficient (Wildman–Crippen LogP) is 3.45. The van der Waals surface area contributed by atoms with Crippen molar-refractivity contribution in [1.29, 1.82) is 0 Å². The van der Waals surface area contributed by atoms with Gasteiger partial charge in [0.05, 0.1) is 7.11 Å². The van der Waals surface area contributed by atoms with E-state index in [9.17, 15) is 4.79 Å². The van der Waals surface area contributed by atoms with Gasteiger partial charge in [-0.3, -0.25) is 0 Å². The summed E-state index contributed by atoms with van der Waals surface area (Å²) in [5.74, 6) is 1.30. The largest absolute Gasteiger partial charge is 0.478 e. The average Bonchev–Trinajstić information content (AvgIpc) is 3.19. The van der Waals surface area contributed by atoms with Crippen molar-refractivity contribution in [2.45, 2.75) is 45.6 Å². The van der Waals surface area contributed by atoms with Crippen LogP contribution in [0.3, 0.4) is 0 Å². The lowest BCUT2D eigenvalue weighted by Gasteiger charge is -2.18. The minimum Gasteiger partial charge on any atom is -0.478 e. The zero-order valence-corrected chi connectivity index (χ0v) is 12.1. The number of carbonyl (C=O) groups excluding carboxylic acids is 1. The molecule has 1 aromatic rings. The van der Waals surface area contributed by atoms with Crippen LogP contribution in [0.4, 0.5) is 0 Å². The molecule has 0 saturated heterocycles. The lowest BCUT2D eigenvalue weighted by atomic mass is 9.98. The third kappa shape index (κ3) is 3.28. The van der Waals surface area contributed by atoms with Crippen molar-refractivity contribution in [3.8, 4) is 5.75 Å². The summed E-state index contributed by atoms with van der Waals surface area (Å²) in [6.45, 7) is 6.42. The van der Waals surface area contributed by atoms with Crippen molar-refractivity contribution in [2.75, 3.05) is 7.11 Å². The number of hydrogen-bond acceptors (Lipinski definition) is 3. The fourth-order valence-corrected chi connectivity index (χ4v) is 2.37. The van der Waals surface area contributed by atoms with Gasteiger partial charge in [0.2, 0.25) is 0 Å². The molecule has 1 fully saturated rings. The number of carbonyl (C=O) groups is 1. The normalized spacial score (nSPS) is 16.3. The van der Waals surface area contributed by atoms with E-state index in [0.29, 0.717) is 11.8 Å². The second-order valence-electron chi connectivity index (χ2n) is 5.57. The van der Waals surface area contributed by atoms with Crippen LogP contribution in [0, 0.1) is 12.8 Å². The quantitative estimate of drug-likeness (QED) is 0.762. The van der Waals surface area contributed by atoms with E-state index >= 15 is 0 Å². The molecule has 0 aromatic heterocycles. The van der Waals surface area contributed by atoms with Crippen LogP contribution in [0.5, 0.6) is 5.75 Å². The molecule has 104 valence electrons. The molecular weight excluding hydrogens is 240 g/mol. The first-order chi connectivity index (χ1) is 9.02. The Bertz CT molecular complexity index is 461. The SMILES string of the molecule is COC(=O)C(Oc1ccc(C(C)C)c(C)c1)C1CC1. The van der Waals surface area contributed by atoms with Crippen molar-refractivity contribution < 1.29 is 14.3 Å². The van der Waals surface area contributed by atoms with Gasteiger partial charge in [-0.25, -0.2) is 4.79 Å². The Hall–Kier alpha value is -1.51. The van der Waals surface area contributed by atoms with Gasteiger partial charge in [-0.05, 0) is 48.9 Å². The van der Waals surface area contributed by atoms with Crippen molar-refractivity contribution in [3.63, 3.8) is 0 Å². The Morgan fingerprint density at radius 2 is 2.00 bits per heavy atom. The first-order valence-electron chi connectivity index (χ1n) is 6.88. The molecule has 19 heavy (non-hydrogen) atoms. The lowest BCUT2D eigenvalue weighted by Crippen LogP contribution is -2.30. The van der Waals surface area contributed by atoms with Crippen LogP contribution < -0.4 is 4.74 Å². The van der Waals surface area contributed by atoms with E-state index in [1.54, 1.807) is 0 Å². The number of benzene rings is 1. The molecule has 1 aliphatic rings. The Balaban J connectivity index is 2.13. The highest BCUT2D eigenvalue weighted by atomic mass is 16.6. The summed E-state index contributed by atoms with van der Waals surface area (Å²) in [5, 5.41) is 0. The van der Waals surface area contributed by atoms with Crippen LogP contribution in [-0.4, -0.2) is 19.2 Å². The fraction of sp³-hybridized carbons (Fsp3) is 0.562. The van der Waals surface area contributed by atoms with Crippen LogP contribution in [0.2, 0.25) is 0 Å². The minimum absolute atomic E-state index is 0.270. The first-order valence-corrected chi connectivity index (χ1v) is 6.88. The Labute approximate surface area is 114 Å². The van der Waals surface area contributed by atoms with Gasteiger partial charge in [0.25, 0.3) is 0 Å². The zero-order chi connectivity index (χ0) is 14.0. The van der Waals surface area contributed by atoms with Gasteiger partial charge in [0, 0.05) is 5.92 Å². The van der Waals surface area contributed by atoms with Crippen LogP contribution >= 0.6 is 0 Å². The zero-order valence-electron chi connectivity index (χ0n) is 12.1. The monoisotopic (exact) mass is 262 g/mol. The molecule has 0 radical (unpaired) electrons. The number of methoxy groups -OCH3 is 1. The van der Waals surface area contributed by atoms with Gasteiger partial charge in [-0.1, -0.05) is 19.9 Å². The maximum absolute atomic E-state index is 11.7. The molecule has 0 amide bonds. The predicted molar refractivity (Wildman–Crippen MR) is 74.4 cm³/mol. The summed E-state index contributed by atoms with van der Waals surface area (Å²) in [6.07, 6.45) is 1.64. The number of esters is 1. The maximum Gasteiger partial charge on any atom is 0.347 e. The summed E-state index contributed by atoms with van der Waals surface area (Å²) >= 11 is 0. The Kier molecular flexibility index (Phi) is 4.13. The minimum atomic E-state index is -0.450. The highest BCUT2D eigenvalue weighted by Gasteiger charge is 2.39. The highest BCUT2D eigenvalue weighted by Crippen LogP contribution is 2.36. The van der Waals surface area contributed by atoms with E-state index in [0.717, 1.165) is 18.6 Å². The van der Waals surface area contributed by atoms with Gasteiger partial charge < -0.3 is 9.47 Å². The maximum atomic E-state index is 11.7. The fourth-order valence-electron chi connectivity index (χ4n) is 2.37. The first kappa shape index (κ1) is 13.9. The summed E-state index contributed by atoms with van der Waals surface area (Å²) in [5.41, 5.74) is 2.51. The smallest absolute Gasteiger partial charge is 0.347 e. The molecule has 1 saturated carbocycles. The number of ether oxygens (including phenoxy) is 2. The lowest BCUT2D eigenvalue weighted by molar-refractivity contribution is -0.149. The van der Waals surface area contributed by atoms with Crippen molar-refractivity contribution in [3.05, 3.63) is 29.3 Å². The van der Waals surface area contributed by atoms with Gasteiger partial charge in [-0.15, -0.1) is 0 Å². The molecule has 0 N–H and O–H groups in total. The molecule has 1 aromatic carbocycles. The van der Waals surface area contributed by atoms with Gasteiger partial charge in [-0.2, -0.15) is 0 Å². The number of aryl methyl sites for hydroxylation is 1.